The molecule has 310 valence electrons. The van der Waals surface area contributed by atoms with E-state index in [1.165, 1.54) is 122 Å². The molecule has 0 aliphatic rings. The van der Waals surface area contributed by atoms with Crippen LogP contribution in [0, 0.1) is 0 Å². The summed E-state index contributed by atoms with van der Waals surface area (Å²) in [5.41, 5.74) is 0. The molecule has 0 aromatic carbocycles. The van der Waals surface area contributed by atoms with E-state index in [0.29, 0.717) is 19.3 Å². The summed E-state index contributed by atoms with van der Waals surface area (Å²) in [6, 6.07) is 0. The second-order valence-corrected chi connectivity index (χ2v) is 15.3. The standard InChI is InChI=1S/C47H86O6/c1-4-7-10-13-16-19-22-23-24-25-26-29-31-34-37-40-46(49)52-43-44(53-47(50)41-38-35-32-28-21-18-15-12-9-6-3)42-51-45(48)39-36-33-30-27-20-17-14-11-8-5-2/h15,18-19,22,44H,4-14,16-17,20-21,23-43H2,1-3H3/b18-15-,22-19-. The van der Waals surface area contributed by atoms with Gasteiger partial charge in [0.15, 0.2) is 6.10 Å². The van der Waals surface area contributed by atoms with Gasteiger partial charge in [0.1, 0.15) is 13.2 Å². The van der Waals surface area contributed by atoms with Crippen LogP contribution < -0.4 is 0 Å². The molecule has 1 atom stereocenters. The van der Waals surface area contributed by atoms with Gasteiger partial charge in [-0.1, -0.05) is 180 Å². The highest BCUT2D eigenvalue weighted by Crippen LogP contribution is 2.14. The quantitative estimate of drug-likeness (QED) is 0.0268. The molecule has 0 spiro atoms. The average Bonchev–Trinajstić information content (AvgIpc) is 3.15. The van der Waals surface area contributed by atoms with Gasteiger partial charge in [0.25, 0.3) is 0 Å². The molecule has 0 fully saturated rings. The summed E-state index contributed by atoms with van der Waals surface area (Å²) in [5.74, 6) is -0.891. The van der Waals surface area contributed by atoms with Crippen molar-refractivity contribution < 1.29 is 28.6 Å². The van der Waals surface area contributed by atoms with Gasteiger partial charge in [-0.25, -0.2) is 0 Å². The van der Waals surface area contributed by atoms with Gasteiger partial charge in [-0.05, 0) is 64.2 Å². The number of unbranched alkanes of at least 4 members (excludes halogenated alkanes) is 26. The first-order valence-electron chi connectivity index (χ1n) is 22.8. The van der Waals surface area contributed by atoms with Crippen molar-refractivity contribution in [2.45, 2.75) is 245 Å². The van der Waals surface area contributed by atoms with E-state index in [2.05, 4.69) is 45.1 Å². The van der Waals surface area contributed by atoms with E-state index in [0.717, 1.165) is 77.0 Å². The lowest BCUT2D eigenvalue weighted by atomic mass is 10.1. The van der Waals surface area contributed by atoms with E-state index in [1.807, 2.05) is 0 Å². The Morgan fingerprint density at radius 2 is 0.642 bits per heavy atom. The fourth-order valence-corrected chi connectivity index (χ4v) is 6.42. The van der Waals surface area contributed by atoms with E-state index in [-0.39, 0.29) is 31.1 Å². The summed E-state index contributed by atoms with van der Waals surface area (Å²) in [6.45, 7) is 6.56. The van der Waals surface area contributed by atoms with Crippen molar-refractivity contribution >= 4 is 17.9 Å². The molecule has 6 heteroatoms. The molecular weight excluding hydrogens is 661 g/mol. The van der Waals surface area contributed by atoms with Crippen LogP contribution in [0.1, 0.15) is 239 Å². The van der Waals surface area contributed by atoms with Crippen LogP contribution in [0.5, 0.6) is 0 Å². The zero-order chi connectivity index (χ0) is 38.7. The first-order chi connectivity index (χ1) is 26.0. The molecule has 0 rings (SSSR count). The number of hydrogen-bond acceptors (Lipinski definition) is 6. The predicted octanol–water partition coefficient (Wildman–Crippen LogP) is 14.4. The minimum atomic E-state index is -0.771. The summed E-state index contributed by atoms with van der Waals surface area (Å²) in [6.07, 6.45) is 45.9. The van der Waals surface area contributed by atoms with E-state index < -0.39 is 6.10 Å². The van der Waals surface area contributed by atoms with Crippen LogP contribution in [0.15, 0.2) is 24.3 Å². The number of hydrogen-bond donors (Lipinski definition) is 0. The Labute approximate surface area is 328 Å². The van der Waals surface area contributed by atoms with Crippen LogP contribution in [0.25, 0.3) is 0 Å². The second-order valence-electron chi connectivity index (χ2n) is 15.3. The molecule has 0 saturated carbocycles. The number of rotatable bonds is 41. The van der Waals surface area contributed by atoms with Crippen molar-refractivity contribution in [2.24, 2.45) is 0 Å². The minimum absolute atomic E-state index is 0.0747. The summed E-state index contributed by atoms with van der Waals surface area (Å²) < 4.78 is 16.7. The number of esters is 3. The fourth-order valence-electron chi connectivity index (χ4n) is 6.42. The molecule has 0 aromatic rings. The van der Waals surface area contributed by atoms with Crippen LogP contribution in [0.3, 0.4) is 0 Å². The molecule has 0 N–H and O–H groups in total. The third-order valence-electron chi connectivity index (χ3n) is 9.93. The molecule has 1 unspecified atom stereocenters. The minimum Gasteiger partial charge on any atom is -0.462 e. The highest BCUT2D eigenvalue weighted by Gasteiger charge is 2.19. The van der Waals surface area contributed by atoms with E-state index >= 15 is 0 Å². The fraction of sp³-hybridized carbons (Fsp3) is 0.851. The molecule has 0 saturated heterocycles. The molecule has 0 heterocycles. The van der Waals surface area contributed by atoms with Gasteiger partial charge in [-0.3, -0.25) is 14.4 Å². The summed E-state index contributed by atoms with van der Waals surface area (Å²) in [7, 11) is 0. The monoisotopic (exact) mass is 747 g/mol. The average molecular weight is 747 g/mol. The number of carbonyl (C=O) groups excluding carboxylic acids is 3. The lowest BCUT2D eigenvalue weighted by Gasteiger charge is -2.18. The van der Waals surface area contributed by atoms with Crippen molar-refractivity contribution in [3.63, 3.8) is 0 Å². The number of ether oxygens (including phenoxy) is 3. The van der Waals surface area contributed by atoms with Gasteiger partial charge in [-0.15, -0.1) is 0 Å². The zero-order valence-electron chi connectivity index (χ0n) is 35.3. The first kappa shape index (κ1) is 50.9. The lowest BCUT2D eigenvalue weighted by Crippen LogP contribution is -2.30. The zero-order valence-corrected chi connectivity index (χ0v) is 35.3. The Bertz CT molecular complexity index is 865. The Morgan fingerprint density at radius 3 is 1.02 bits per heavy atom. The molecule has 53 heavy (non-hydrogen) atoms. The maximum Gasteiger partial charge on any atom is 0.306 e. The molecule has 0 aliphatic carbocycles. The SMILES string of the molecule is CCCC/C=C\CCCCCCC(=O)OC(COC(=O)CCCCCCCCC/C=C\CCCCCC)COC(=O)CCCCCCCCCCCC. The van der Waals surface area contributed by atoms with Gasteiger partial charge in [0.05, 0.1) is 0 Å². The predicted molar refractivity (Wildman–Crippen MR) is 224 cm³/mol. The lowest BCUT2D eigenvalue weighted by molar-refractivity contribution is -0.167. The van der Waals surface area contributed by atoms with Crippen molar-refractivity contribution in [2.75, 3.05) is 13.2 Å². The molecule has 0 radical (unpaired) electrons. The molecule has 0 bridgehead atoms. The van der Waals surface area contributed by atoms with Crippen molar-refractivity contribution in [3.8, 4) is 0 Å². The van der Waals surface area contributed by atoms with E-state index in [4.69, 9.17) is 14.2 Å². The van der Waals surface area contributed by atoms with E-state index in [1.54, 1.807) is 0 Å². The van der Waals surface area contributed by atoms with Crippen LogP contribution in [0.4, 0.5) is 0 Å². The molecule has 0 aliphatic heterocycles. The van der Waals surface area contributed by atoms with E-state index in [9.17, 15) is 14.4 Å². The maximum atomic E-state index is 12.7. The van der Waals surface area contributed by atoms with Gasteiger partial charge < -0.3 is 14.2 Å². The van der Waals surface area contributed by atoms with Crippen molar-refractivity contribution in [1.29, 1.82) is 0 Å². The largest absolute Gasteiger partial charge is 0.462 e. The second kappa shape index (κ2) is 42.6. The van der Waals surface area contributed by atoms with Crippen molar-refractivity contribution in [1.82, 2.24) is 0 Å². The van der Waals surface area contributed by atoms with Crippen LogP contribution in [-0.4, -0.2) is 37.2 Å². The maximum absolute atomic E-state index is 12.7. The topological polar surface area (TPSA) is 78.9 Å². The molecule has 0 amide bonds. The highest BCUT2D eigenvalue weighted by atomic mass is 16.6. The number of allylic oxidation sites excluding steroid dienone is 4. The Kier molecular flexibility index (Phi) is 40.9. The Morgan fingerprint density at radius 1 is 0.358 bits per heavy atom. The van der Waals surface area contributed by atoms with Crippen LogP contribution >= 0.6 is 0 Å². The smallest absolute Gasteiger partial charge is 0.306 e. The summed E-state index contributed by atoms with van der Waals surface area (Å²) in [5, 5.41) is 0. The summed E-state index contributed by atoms with van der Waals surface area (Å²) in [4.78, 5) is 37.6. The van der Waals surface area contributed by atoms with Gasteiger partial charge >= 0.3 is 17.9 Å². The Hall–Kier alpha value is -2.11. The number of carbonyl (C=O) groups is 3. The van der Waals surface area contributed by atoms with Crippen LogP contribution in [0.2, 0.25) is 0 Å². The Balaban J connectivity index is 4.33. The normalized spacial score (nSPS) is 12.1. The molecule has 6 nitrogen and oxygen atoms in total. The van der Waals surface area contributed by atoms with Gasteiger partial charge in [-0.2, -0.15) is 0 Å². The molecular formula is C47H86O6. The summed E-state index contributed by atoms with van der Waals surface area (Å²) >= 11 is 0. The third kappa shape index (κ3) is 40.9. The first-order valence-corrected chi connectivity index (χ1v) is 22.8. The van der Waals surface area contributed by atoms with Gasteiger partial charge in [0, 0.05) is 19.3 Å². The van der Waals surface area contributed by atoms with Crippen molar-refractivity contribution in [3.05, 3.63) is 24.3 Å². The highest BCUT2D eigenvalue weighted by molar-refractivity contribution is 5.71. The van der Waals surface area contributed by atoms with Gasteiger partial charge in [0.2, 0.25) is 0 Å². The third-order valence-corrected chi connectivity index (χ3v) is 9.93. The van der Waals surface area contributed by atoms with Crippen LogP contribution in [-0.2, 0) is 28.6 Å². The molecule has 0 aromatic heterocycles.